The van der Waals surface area contributed by atoms with Gasteiger partial charge in [-0.05, 0) is 22.3 Å². The van der Waals surface area contributed by atoms with Gasteiger partial charge in [-0.1, -0.05) is 84.9 Å². The van der Waals surface area contributed by atoms with Crippen LogP contribution in [0, 0.1) is 0 Å². The number of nitrogens with one attached hydrogen (secondary N) is 1. The number of hydrogen-bond donors (Lipinski definition) is 1. The molecule has 2 aliphatic rings. The van der Waals surface area contributed by atoms with Crippen LogP contribution in [-0.2, 0) is 19.9 Å². The van der Waals surface area contributed by atoms with Crippen LogP contribution in [0.3, 0.4) is 0 Å². The summed E-state index contributed by atoms with van der Waals surface area (Å²) in [5, 5.41) is 3.31. The molecule has 0 aliphatic carbocycles. The lowest BCUT2D eigenvalue weighted by Gasteiger charge is -2.34. The first-order valence-electron chi connectivity index (χ1n) is 10.1. The zero-order chi connectivity index (χ0) is 19.7. The van der Waals surface area contributed by atoms with Crippen LogP contribution in [0.15, 0.2) is 84.9 Å². The van der Waals surface area contributed by atoms with Crippen LogP contribution in [0.5, 0.6) is 0 Å². The molecule has 0 radical (unpaired) electrons. The summed E-state index contributed by atoms with van der Waals surface area (Å²) in [5.74, 6) is -1.20. The van der Waals surface area contributed by atoms with E-state index in [1.165, 1.54) is 0 Å². The summed E-state index contributed by atoms with van der Waals surface area (Å²) in [6.45, 7) is 1.54. The summed E-state index contributed by atoms with van der Waals surface area (Å²) >= 11 is 0. The second-order valence-electron chi connectivity index (χ2n) is 7.64. The zero-order valence-corrected chi connectivity index (χ0v) is 16.1. The maximum Gasteiger partial charge on any atom is 0.350 e. The third kappa shape index (κ3) is 3.05. The molecule has 2 aliphatic heterocycles. The third-order valence-electron chi connectivity index (χ3n) is 5.85. The lowest BCUT2D eigenvalue weighted by Crippen LogP contribution is -2.44. The molecule has 0 bridgehead atoms. The van der Waals surface area contributed by atoms with E-state index in [0.29, 0.717) is 12.8 Å². The molecule has 0 aromatic heterocycles. The van der Waals surface area contributed by atoms with Crippen molar-refractivity contribution < 1.29 is 14.3 Å². The van der Waals surface area contributed by atoms with Gasteiger partial charge >= 0.3 is 5.97 Å². The van der Waals surface area contributed by atoms with Gasteiger partial charge < -0.3 is 14.8 Å². The molecule has 3 aromatic rings. The quantitative estimate of drug-likeness (QED) is 0.685. The molecule has 5 rings (SSSR count). The van der Waals surface area contributed by atoms with Crippen molar-refractivity contribution in [3.8, 4) is 11.1 Å². The van der Waals surface area contributed by atoms with E-state index in [0.717, 1.165) is 35.3 Å². The topological polar surface area (TPSA) is 47.6 Å². The Morgan fingerprint density at radius 3 is 1.90 bits per heavy atom. The second kappa shape index (κ2) is 7.14. The van der Waals surface area contributed by atoms with Crippen molar-refractivity contribution in [3.05, 3.63) is 96.1 Å². The summed E-state index contributed by atoms with van der Waals surface area (Å²) in [6, 6.07) is 27.9. The second-order valence-corrected chi connectivity index (χ2v) is 7.64. The van der Waals surface area contributed by atoms with E-state index in [9.17, 15) is 4.79 Å². The molecule has 2 saturated heterocycles. The van der Waals surface area contributed by atoms with Crippen LogP contribution in [0.4, 0.5) is 0 Å². The molecule has 4 heteroatoms. The smallest absolute Gasteiger partial charge is 0.350 e. The largest absolute Gasteiger partial charge is 0.430 e. The van der Waals surface area contributed by atoms with Crippen LogP contribution in [0.1, 0.15) is 24.0 Å². The minimum atomic E-state index is -1.24. The third-order valence-corrected chi connectivity index (χ3v) is 5.85. The first kappa shape index (κ1) is 18.1. The fourth-order valence-corrected chi connectivity index (χ4v) is 4.32. The molecule has 146 valence electrons. The van der Waals surface area contributed by atoms with E-state index in [-0.39, 0.29) is 5.97 Å². The maximum atomic E-state index is 13.4. The molecule has 1 spiro atoms. The van der Waals surface area contributed by atoms with Crippen LogP contribution in [0.2, 0.25) is 0 Å². The van der Waals surface area contributed by atoms with Gasteiger partial charge in [-0.25, -0.2) is 4.79 Å². The minimum Gasteiger partial charge on any atom is -0.430 e. The van der Waals surface area contributed by atoms with E-state index in [4.69, 9.17) is 9.47 Å². The summed E-state index contributed by atoms with van der Waals surface area (Å²) < 4.78 is 12.5. The molecule has 2 fully saturated rings. The van der Waals surface area contributed by atoms with Gasteiger partial charge in [0, 0.05) is 25.9 Å². The fraction of sp³-hybridized carbons (Fsp3) is 0.240. The highest BCUT2D eigenvalue weighted by Gasteiger charge is 2.60. The Bertz CT molecular complexity index is 995. The molecule has 1 atom stereocenters. The molecule has 3 aromatic carbocycles. The van der Waals surface area contributed by atoms with Crippen molar-refractivity contribution in [1.29, 1.82) is 0 Å². The molecule has 1 unspecified atom stereocenters. The summed E-state index contributed by atoms with van der Waals surface area (Å²) in [4.78, 5) is 13.4. The highest BCUT2D eigenvalue weighted by molar-refractivity contribution is 5.88. The van der Waals surface area contributed by atoms with Gasteiger partial charge in [0.1, 0.15) is 0 Å². The average Bonchev–Trinajstić information content (AvgIpc) is 3.07. The molecule has 29 heavy (non-hydrogen) atoms. The number of piperidine rings is 1. The van der Waals surface area contributed by atoms with Crippen molar-refractivity contribution >= 4 is 5.97 Å². The van der Waals surface area contributed by atoms with Gasteiger partial charge in [-0.15, -0.1) is 0 Å². The Labute approximate surface area is 170 Å². The van der Waals surface area contributed by atoms with Crippen molar-refractivity contribution in [1.82, 2.24) is 5.32 Å². The molecular formula is C25H23NO3. The number of carbonyl (C=O) groups excluding carboxylic acids is 1. The van der Waals surface area contributed by atoms with Gasteiger partial charge in [0.05, 0.1) is 0 Å². The Balaban J connectivity index is 1.60. The van der Waals surface area contributed by atoms with E-state index in [2.05, 4.69) is 17.4 Å². The molecular weight excluding hydrogens is 362 g/mol. The number of benzene rings is 3. The zero-order valence-electron chi connectivity index (χ0n) is 16.1. The Morgan fingerprint density at radius 2 is 1.24 bits per heavy atom. The van der Waals surface area contributed by atoms with Gasteiger partial charge in [0.25, 0.3) is 0 Å². The highest BCUT2D eigenvalue weighted by atomic mass is 16.8. The molecule has 1 N–H and O–H groups in total. The number of carbonyl (C=O) groups is 1. The standard InChI is InChI=1S/C25H23NO3/c27-23-25(21-9-5-2-6-10-21,29-24(28-23)15-17-26-18-16-24)22-13-11-20(12-14-22)19-7-3-1-4-8-19/h1-14,26H,15-18H2. The predicted octanol–water partition coefficient (Wildman–Crippen LogP) is 4.25. The predicted molar refractivity (Wildman–Crippen MR) is 111 cm³/mol. The fourth-order valence-electron chi connectivity index (χ4n) is 4.32. The van der Waals surface area contributed by atoms with E-state index < -0.39 is 11.4 Å². The van der Waals surface area contributed by atoms with Gasteiger partial charge in [0.15, 0.2) is 0 Å². The minimum absolute atomic E-state index is 0.335. The van der Waals surface area contributed by atoms with E-state index >= 15 is 0 Å². The molecule has 4 nitrogen and oxygen atoms in total. The molecule has 0 saturated carbocycles. The highest BCUT2D eigenvalue weighted by Crippen LogP contribution is 2.48. The Hall–Kier alpha value is -2.95. The Kier molecular flexibility index (Phi) is 4.46. The monoisotopic (exact) mass is 385 g/mol. The lowest BCUT2D eigenvalue weighted by molar-refractivity contribution is -0.198. The molecule has 0 amide bonds. The van der Waals surface area contributed by atoms with Crippen LogP contribution in [0.25, 0.3) is 11.1 Å². The number of ether oxygens (including phenoxy) is 2. The number of rotatable bonds is 3. The number of esters is 1. The summed E-state index contributed by atoms with van der Waals surface area (Å²) in [7, 11) is 0. The lowest BCUT2D eigenvalue weighted by atomic mass is 9.85. The first-order chi connectivity index (χ1) is 14.2. The van der Waals surface area contributed by atoms with Crippen molar-refractivity contribution in [2.75, 3.05) is 13.1 Å². The van der Waals surface area contributed by atoms with Gasteiger partial charge in [0.2, 0.25) is 11.4 Å². The van der Waals surface area contributed by atoms with Crippen molar-refractivity contribution in [2.24, 2.45) is 0 Å². The van der Waals surface area contributed by atoms with Crippen molar-refractivity contribution in [2.45, 2.75) is 24.2 Å². The van der Waals surface area contributed by atoms with Crippen LogP contribution < -0.4 is 5.32 Å². The van der Waals surface area contributed by atoms with Crippen LogP contribution >= 0.6 is 0 Å². The van der Waals surface area contributed by atoms with Gasteiger partial charge in [-0.2, -0.15) is 0 Å². The SMILES string of the molecule is O=C1OC2(CCNCC2)OC1(c1ccccc1)c1ccc(-c2ccccc2)cc1. The van der Waals surface area contributed by atoms with E-state index in [1.54, 1.807) is 0 Å². The van der Waals surface area contributed by atoms with Crippen LogP contribution in [-0.4, -0.2) is 24.8 Å². The Morgan fingerprint density at radius 1 is 0.690 bits per heavy atom. The summed E-state index contributed by atoms with van der Waals surface area (Å²) in [5.41, 5.74) is 2.59. The molecule has 2 heterocycles. The number of hydrogen-bond acceptors (Lipinski definition) is 4. The maximum absolute atomic E-state index is 13.4. The first-order valence-corrected chi connectivity index (χ1v) is 10.1. The average molecular weight is 385 g/mol. The summed E-state index contributed by atoms with van der Waals surface area (Å²) in [6.07, 6.45) is 1.30. The van der Waals surface area contributed by atoms with E-state index in [1.807, 2.05) is 72.8 Å². The normalized spacial score (nSPS) is 23.1. The van der Waals surface area contributed by atoms with Crippen molar-refractivity contribution in [3.63, 3.8) is 0 Å². The van der Waals surface area contributed by atoms with Gasteiger partial charge in [-0.3, -0.25) is 0 Å².